The minimum absolute atomic E-state index is 0.0551. The van der Waals surface area contributed by atoms with Crippen LogP contribution >= 0.6 is 0 Å². The topological polar surface area (TPSA) is 37.3 Å². The third-order valence-corrected chi connectivity index (χ3v) is 6.52. The number of rotatable bonds is 0. The van der Waals surface area contributed by atoms with Crippen LogP contribution in [-0.4, -0.2) is 17.0 Å². The fourth-order valence-corrected chi connectivity index (χ4v) is 5.07. The number of fused-ring (bicyclic) bond motifs is 3. The number of aliphatic hydroxyl groups is 1. The third-order valence-electron chi connectivity index (χ3n) is 6.52. The van der Waals surface area contributed by atoms with Crippen LogP contribution in [0, 0.1) is 35.0 Å². The summed E-state index contributed by atoms with van der Waals surface area (Å²) in [5.41, 5.74) is -0.0551. The Morgan fingerprint density at radius 2 is 1.90 bits per heavy atom. The lowest BCUT2D eigenvalue weighted by Gasteiger charge is -2.47. The highest BCUT2D eigenvalue weighted by molar-refractivity contribution is 5.84. The quantitative estimate of drug-likeness (QED) is 0.687. The van der Waals surface area contributed by atoms with Crippen molar-refractivity contribution in [3.8, 4) is 0 Å². The van der Waals surface area contributed by atoms with E-state index in [1.165, 1.54) is 6.42 Å². The average molecular weight is 276 g/mol. The Labute approximate surface area is 122 Å². The van der Waals surface area contributed by atoms with Crippen LogP contribution in [0.4, 0.5) is 0 Å². The third kappa shape index (κ3) is 2.07. The van der Waals surface area contributed by atoms with Crippen LogP contribution in [0.1, 0.15) is 52.9 Å². The van der Waals surface area contributed by atoms with Crippen molar-refractivity contribution in [3.63, 3.8) is 0 Å². The second-order valence-corrected chi connectivity index (χ2v) is 7.92. The number of Topliss-reactive ketones (excluding diaryl/α,β-unsaturated/α-hetero) is 1. The van der Waals surface area contributed by atoms with E-state index < -0.39 is 0 Å². The zero-order valence-corrected chi connectivity index (χ0v) is 13.0. The molecule has 2 nitrogen and oxygen atoms in total. The van der Waals surface area contributed by atoms with E-state index in [9.17, 15) is 9.90 Å². The highest BCUT2D eigenvalue weighted by Gasteiger charge is 2.49. The second-order valence-electron chi connectivity index (χ2n) is 7.92. The van der Waals surface area contributed by atoms with E-state index in [2.05, 4.69) is 26.8 Å². The highest BCUT2D eigenvalue weighted by Crippen LogP contribution is 2.53. The van der Waals surface area contributed by atoms with Gasteiger partial charge < -0.3 is 5.11 Å². The molecule has 3 aliphatic carbocycles. The van der Waals surface area contributed by atoms with E-state index in [1.54, 1.807) is 0 Å². The van der Waals surface area contributed by atoms with E-state index in [0.717, 1.165) is 25.7 Å². The molecule has 0 heterocycles. The van der Waals surface area contributed by atoms with Gasteiger partial charge in [0.2, 0.25) is 0 Å². The fraction of sp³-hybridized carbons (Fsp3) is 0.833. The molecule has 3 aliphatic rings. The summed E-state index contributed by atoms with van der Waals surface area (Å²) < 4.78 is 0. The standard InChI is InChI=1S/C18H28O2/c1-11-7-8-12-13-9-10-16(19)18(2,3)15(13)6-4-5-14(12)17(11)20/h9-16,19H,4-8H2,1-3H3. The van der Waals surface area contributed by atoms with Crippen LogP contribution in [0.5, 0.6) is 0 Å². The van der Waals surface area contributed by atoms with Crippen molar-refractivity contribution in [2.75, 3.05) is 0 Å². The molecule has 0 saturated heterocycles. The molecule has 0 aromatic rings. The summed E-state index contributed by atoms with van der Waals surface area (Å²) in [7, 11) is 0. The molecule has 0 aromatic carbocycles. The van der Waals surface area contributed by atoms with Crippen LogP contribution in [0.2, 0.25) is 0 Å². The largest absolute Gasteiger partial charge is 0.388 e. The zero-order chi connectivity index (χ0) is 14.5. The number of aliphatic hydroxyl groups excluding tert-OH is 1. The molecule has 112 valence electrons. The van der Waals surface area contributed by atoms with Gasteiger partial charge in [0, 0.05) is 11.8 Å². The van der Waals surface area contributed by atoms with Gasteiger partial charge in [0.15, 0.2) is 0 Å². The second kappa shape index (κ2) is 4.98. The lowest BCUT2D eigenvalue weighted by Crippen LogP contribution is -2.46. The van der Waals surface area contributed by atoms with Crippen LogP contribution in [0.3, 0.4) is 0 Å². The Hall–Kier alpha value is -0.630. The Bertz CT molecular complexity index is 423. The van der Waals surface area contributed by atoms with Gasteiger partial charge in [-0.05, 0) is 48.9 Å². The maximum Gasteiger partial charge on any atom is 0.139 e. The van der Waals surface area contributed by atoms with Gasteiger partial charge in [0.1, 0.15) is 5.78 Å². The first kappa shape index (κ1) is 14.3. The SMILES string of the molecule is CC1CCC2C(CCCC3C2C=CC(O)C3(C)C)C1=O. The molecule has 0 aromatic heterocycles. The van der Waals surface area contributed by atoms with Gasteiger partial charge >= 0.3 is 0 Å². The van der Waals surface area contributed by atoms with Crippen molar-refractivity contribution >= 4 is 5.78 Å². The molecule has 1 N–H and O–H groups in total. The molecule has 20 heavy (non-hydrogen) atoms. The van der Waals surface area contributed by atoms with Crippen LogP contribution < -0.4 is 0 Å². The van der Waals surface area contributed by atoms with E-state index in [1.807, 2.05) is 6.08 Å². The summed E-state index contributed by atoms with van der Waals surface area (Å²) in [6, 6.07) is 0. The summed E-state index contributed by atoms with van der Waals surface area (Å²) in [6.45, 7) is 6.50. The molecule has 6 unspecified atom stereocenters. The molecule has 0 aliphatic heterocycles. The van der Waals surface area contributed by atoms with E-state index in [0.29, 0.717) is 23.5 Å². The van der Waals surface area contributed by atoms with Gasteiger partial charge in [0.25, 0.3) is 0 Å². The highest BCUT2D eigenvalue weighted by atomic mass is 16.3. The first-order chi connectivity index (χ1) is 9.43. The molecular formula is C18H28O2. The number of carbonyl (C=O) groups excluding carboxylic acids is 1. The number of hydrogen-bond donors (Lipinski definition) is 1. The van der Waals surface area contributed by atoms with Crippen LogP contribution in [-0.2, 0) is 4.79 Å². The van der Waals surface area contributed by atoms with Gasteiger partial charge in [-0.2, -0.15) is 0 Å². The number of allylic oxidation sites excluding steroid dienone is 1. The zero-order valence-electron chi connectivity index (χ0n) is 13.0. The lowest BCUT2D eigenvalue weighted by atomic mass is 9.58. The van der Waals surface area contributed by atoms with Gasteiger partial charge in [-0.25, -0.2) is 0 Å². The Morgan fingerprint density at radius 3 is 2.65 bits per heavy atom. The van der Waals surface area contributed by atoms with Gasteiger partial charge in [0.05, 0.1) is 6.10 Å². The molecule has 0 amide bonds. The summed E-state index contributed by atoms with van der Waals surface area (Å²) in [5.74, 6) is 2.60. The predicted octanol–water partition coefficient (Wildman–Crippen LogP) is 3.59. The summed E-state index contributed by atoms with van der Waals surface area (Å²) in [4.78, 5) is 12.5. The fourth-order valence-electron chi connectivity index (χ4n) is 5.07. The number of carbonyl (C=O) groups is 1. The van der Waals surface area contributed by atoms with Gasteiger partial charge in [-0.1, -0.05) is 39.3 Å². The van der Waals surface area contributed by atoms with Crippen molar-refractivity contribution in [1.82, 2.24) is 0 Å². The van der Waals surface area contributed by atoms with E-state index in [-0.39, 0.29) is 23.4 Å². The normalized spacial score (nSPS) is 47.3. The Balaban J connectivity index is 1.94. The monoisotopic (exact) mass is 276 g/mol. The molecule has 0 spiro atoms. The molecule has 2 fully saturated rings. The van der Waals surface area contributed by atoms with E-state index >= 15 is 0 Å². The predicted molar refractivity (Wildman–Crippen MR) is 80.1 cm³/mol. The van der Waals surface area contributed by atoms with Crippen molar-refractivity contribution in [1.29, 1.82) is 0 Å². The number of ketones is 1. The smallest absolute Gasteiger partial charge is 0.139 e. The summed E-state index contributed by atoms with van der Waals surface area (Å²) in [6.07, 6.45) is 9.52. The summed E-state index contributed by atoms with van der Waals surface area (Å²) in [5, 5.41) is 10.3. The first-order valence-electron chi connectivity index (χ1n) is 8.33. The van der Waals surface area contributed by atoms with Crippen molar-refractivity contribution in [2.24, 2.45) is 35.0 Å². The maximum absolute atomic E-state index is 12.5. The molecule has 2 saturated carbocycles. The van der Waals surface area contributed by atoms with Crippen molar-refractivity contribution in [3.05, 3.63) is 12.2 Å². The minimum Gasteiger partial charge on any atom is -0.388 e. The Kier molecular flexibility index (Phi) is 3.56. The first-order valence-corrected chi connectivity index (χ1v) is 8.33. The molecule has 3 rings (SSSR count). The van der Waals surface area contributed by atoms with Crippen molar-refractivity contribution in [2.45, 2.75) is 59.0 Å². The van der Waals surface area contributed by atoms with Gasteiger partial charge in [-0.3, -0.25) is 4.79 Å². The van der Waals surface area contributed by atoms with Crippen molar-refractivity contribution < 1.29 is 9.90 Å². The summed E-state index contributed by atoms with van der Waals surface area (Å²) >= 11 is 0. The van der Waals surface area contributed by atoms with E-state index in [4.69, 9.17) is 0 Å². The molecule has 2 heteroatoms. The minimum atomic E-state index is -0.335. The maximum atomic E-state index is 12.5. The Morgan fingerprint density at radius 1 is 1.15 bits per heavy atom. The molecule has 0 bridgehead atoms. The molecular weight excluding hydrogens is 248 g/mol. The average Bonchev–Trinajstić information content (AvgIpc) is 2.59. The van der Waals surface area contributed by atoms with Crippen LogP contribution in [0.25, 0.3) is 0 Å². The molecule has 0 radical (unpaired) electrons. The van der Waals surface area contributed by atoms with Gasteiger partial charge in [-0.15, -0.1) is 0 Å². The van der Waals surface area contributed by atoms with Crippen LogP contribution in [0.15, 0.2) is 12.2 Å². The number of hydrogen-bond acceptors (Lipinski definition) is 2. The lowest BCUT2D eigenvalue weighted by molar-refractivity contribution is -0.132. The molecule has 6 atom stereocenters.